The van der Waals surface area contributed by atoms with E-state index in [9.17, 15) is 8.42 Å². The van der Waals surface area contributed by atoms with Gasteiger partial charge in [-0.25, -0.2) is 13.4 Å². The van der Waals surface area contributed by atoms with Crippen LogP contribution in [-0.2, 0) is 22.4 Å². The van der Waals surface area contributed by atoms with Crippen LogP contribution in [0, 0.1) is 0 Å². The maximum absolute atomic E-state index is 12.0. The fourth-order valence-corrected chi connectivity index (χ4v) is 2.79. The Morgan fingerprint density at radius 2 is 1.89 bits per heavy atom. The fraction of sp³-hybridized carbons (Fsp3) is 0.154. The molecule has 2 N–H and O–H groups in total. The zero-order valence-corrected chi connectivity index (χ0v) is 11.0. The zero-order chi connectivity index (χ0) is 13.7. The smallest absolute Gasteiger partial charge is 0.238 e. The number of benzene rings is 1. The molecule has 2 rings (SSSR count). The van der Waals surface area contributed by atoms with E-state index in [2.05, 4.69) is 9.71 Å². The topological polar surface area (TPSA) is 79.3 Å². The van der Waals surface area contributed by atoms with Crippen molar-refractivity contribution >= 4 is 15.8 Å². The molecule has 6 heteroatoms. The molecule has 0 saturated heterocycles. The van der Waals surface area contributed by atoms with Crippen molar-refractivity contribution in [2.24, 2.45) is 0 Å². The highest BCUT2D eigenvalue weighted by Gasteiger charge is 2.12. The Balaban J connectivity index is 2.12. The van der Waals surface area contributed by atoms with Crippen LogP contribution < -0.4 is 4.72 Å². The van der Waals surface area contributed by atoms with Gasteiger partial charge in [-0.15, -0.1) is 0 Å². The molecule has 0 bridgehead atoms. The Hall–Kier alpha value is -1.92. The average molecular weight is 278 g/mol. The van der Waals surface area contributed by atoms with Crippen molar-refractivity contribution in [3.8, 4) is 0 Å². The molecular formula is C13H14N2O3S. The van der Waals surface area contributed by atoms with Gasteiger partial charge in [0, 0.05) is 6.20 Å². The lowest BCUT2D eigenvalue weighted by molar-refractivity contribution is 0.282. The van der Waals surface area contributed by atoms with Crippen LogP contribution in [-0.4, -0.2) is 18.5 Å². The SMILES string of the molecule is O=S(=O)(Cc1cccc(CO)c1)Nc1ccccn1. The standard InChI is InChI=1S/C13H14N2O3S/c16-9-11-4-3-5-12(8-11)10-19(17,18)15-13-6-1-2-7-14-13/h1-8,16H,9-10H2,(H,14,15). The Bertz CT molecular complexity index is 642. The zero-order valence-electron chi connectivity index (χ0n) is 10.2. The molecule has 0 spiro atoms. The van der Waals surface area contributed by atoms with Crippen LogP contribution in [0.1, 0.15) is 11.1 Å². The lowest BCUT2D eigenvalue weighted by Gasteiger charge is -2.07. The first-order valence-electron chi connectivity index (χ1n) is 5.69. The van der Waals surface area contributed by atoms with Crippen molar-refractivity contribution in [3.63, 3.8) is 0 Å². The van der Waals surface area contributed by atoms with Crippen LogP contribution in [0.25, 0.3) is 0 Å². The number of nitrogens with one attached hydrogen (secondary N) is 1. The second-order valence-electron chi connectivity index (χ2n) is 4.05. The largest absolute Gasteiger partial charge is 0.392 e. The number of nitrogens with zero attached hydrogens (tertiary/aromatic N) is 1. The molecule has 1 aromatic carbocycles. The fourth-order valence-electron chi connectivity index (χ4n) is 1.66. The van der Waals surface area contributed by atoms with Crippen LogP contribution in [0.3, 0.4) is 0 Å². The summed E-state index contributed by atoms with van der Waals surface area (Å²) in [4.78, 5) is 3.91. The minimum Gasteiger partial charge on any atom is -0.392 e. The molecule has 2 aromatic rings. The summed E-state index contributed by atoms with van der Waals surface area (Å²) in [5, 5.41) is 9.02. The minimum absolute atomic E-state index is 0.110. The normalized spacial score (nSPS) is 11.2. The minimum atomic E-state index is -3.51. The van der Waals surface area contributed by atoms with Gasteiger partial charge in [-0.2, -0.15) is 0 Å². The first-order valence-corrected chi connectivity index (χ1v) is 7.34. The molecular weight excluding hydrogens is 264 g/mol. The monoisotopic (exact) mass is 278 g/mol. The first-order chi connectivity index (χ1) is 9.09. The van der Waals surface area contributed by atoms with Crippen molar-refractivity contribution < 1.29 is 13.5 Å². The molecule has 0 radical (unpaired) electrons. The summed E-state index contributed by atoms with van der Waals surface area (Å²) < 4.78 is 26.3. The van der Waals surface area contributed by atoms with Crippen molar-refractivity contribution in [1.82, 2.24) is 4.98 Å². The molecule has 0 amide bonds. The first kappa shape index (κ1) is 13.5. The maximum atomic E-state index is 12.0. The molecule has 0 atom stereocenters. The number of aliphatic hydroxyl groups is 1. The average Bonchev–Trinajstić information content (AvgIpc) is 2.39. The van der Waals surface area contributed by atoms with E-state index in [0.717, 1.165) is 0 Å². The Labute approximate surface area is 112 Å². The highest BCUT2D eigenvalue weighted by atomic mass is 32.2. The predicted octanol–water partition coefficient (Wildman–Crippen LogP) is 1.52. The van der Waals surface area contributed by atoms with Gasteiger partial charge in [0.05, 0.1) is 12.4 Å². The van der Waals surface area contributed by atoms with Crippen molar-refractivity contribution in [3.05, 3.63) is 59.8 Å². The summed E-state index contributed by atoms with van der Waals surface area (Å²) >= 11 is 0. The second-order valence-corrected chi connectivity index (χ2v) is 5.78. The van der Waals surface area contributed by atoms with E-state index >= 15 is 0 Å². The molecule has 0 aliphatic carbocycles. The molecule has 19 heavy (non-hydrogen) atoms. The van der Waals surface area contributed by atoms with Gasteiger partial charge in [-0.1, -0.05) is 30.3 Å². The number of aromatic nitrogens is 1. The summed E-state index contributed by atoms with van der Waals surface area (Å²) in [5.74, 6) is 0.137. The van der Waals surface area contributed by atoms with E-state index in [-0.39, 0.29) is 12.4 Å². The Morgan fingerprint density at radius 1 is 1.11 bits per heavy atom. The molecule has 0 saturated carbocycles. The van der Waals surface area contributed by atoms with Gasteiger partial charge in [0.1, 0.15) is 5.82 Å². The number of hydrogen-bond donors (Lipinski definition) is 2. The third-order valence-electron chi connectivity index (χ3n) is 2.46. The molecule has 1 aromatic heterocycles. The Morgan fingerprint density at radius 3 is 2.58 bits per heavy atom. The number of pyridine rings is 1. The highest BCUT2D eigenvalue weighted by Crippen LogP contribution is 2.12. The van der Waals surface area contributed by atoms with Crippen LogP contribution in [0.5, 0.6) is 0 Å². The van der Waals surface area contributed by atoms with Gasteiger partial charge >= 0.3 is 0 Å². The number of sulfonamides is 1. The van der Waals surface area contributed by atoms with E-state index in [1.807, 2.05) is 0 Å². The molecule has 0 aliphatic heterocycles. The lowest BCUT2D eigenvalue weighted by atomic mass is 10.1. The summed E-state index contributed by atoms with van der Waals surface area (Å²) in [6, 6.07) is 11.8. The van der Waals surface area contributed by atoms with E-state index in [1.54, 1.807) is 42.5 Å². The van der Waals surface area contributed by atoms with E-state index in [0.29, 0.717) is 16.9 Å². The third kappa shape index (κ3) is 4.04. The van der Waals surface area contributed by atoms with Gasteiger partial charge in [0.2, 0.25) is 10.0 Å². The molecule has 0 unspecified atom stereocenters. The van der Waals surface area contributed by atoms with Crippen LogP contribution in [0.4, 0.5) is 5.82 Å². The number of aliphatic hydroxyl groups excluding tert-OH is 1. The summed E-state index contributed by atoms with van der Waals surface area (Å²) in [6.07, 6.45) is 1.52. The molecule has 100 valence electrons. The second kappa shape index (κ2) is 5.81. The van der Waals surface area contributed by atoms with Crippen molar-refractivity contribution in [2.75, 3.05) is 4.72 Å². The van der Waals surface area contributed by atoms with Gasteiger partial charge in [0.15, 0.2) is 0 Å². The number of hydrogen-bond acceptors (Lipinski definition) is 4. The van der Waals surface area contributed by atoms with Gasteiger partial charge in [0.25, 0.3) is 0 Å². The molecule has 1 heterocycles. The molecule has 5 nitrogen and oxygen atoms in total. The van der Waals surface area contributed by atoms with Gasteiger partial charge < -0.3 is 5.11 Å². The van der Waals surface area contributed by atoms with Crippen LogP contribution in [0.15, 0.2) is 48.7 Å². The summed E-state index contributed by atoms with van der Waals surface area (Å²) in [7, 11) is -3.51. The van der Waals surface area contributed by atoms with Crippen molar-refractivity contribution in [1.29, 1.82) is 0 Å². The number of anilines is 1. The van der Waals surface area contributed by atoms with Crippen molar-refractivity contribution in [2.45, 2.75) is 12.4 Å². The predicted molar refractivity (Wildman–Crippen MR) is 72.8 cm³/mol. The maximum Gasteiger partial charge on any atom is 0.238 e. The van der Waals surface area contributed by atoms with Crippen LogP contribution >= 0.6 is 0 Å². The van der Waals surface area contributed by atoms with Crippen LogP contribution in [0.2, 0.25) is 0 Å². The molecule has 0 fully saturated rings. The summed E-state index contributed by atoms with van der Waals surface area (Å²) in [6.45, 7) is -0.110. The number of rotatable bonds is 5. The Kier molecular flexibility index (Phi) is 4.13. The summed E-state index contributed by atoms with van der Waals surface area (Å²) in [5.41, 5.74) is 1.31. The lowest BCUT2D eigenvalue weighted by Crippen LogP contribution is -2.15. The highest BCUT2D eigenvalue weighted by molar-refractivity contribution is 7.91. The van der Waals surface area contributed by atoms with E-state index in [4.69, 9.17) is 5.11 Å². The quantitative estimate of drug-likeness (QED) is 0.869. The third-order valence-corrected chi connectivity index (χ3v) is 3.69. The molecule has 0 aliphatic rings. The van der Waals surface area contributed by atoms with E-state index < -0.39 is 10.0 Å². The van der Waals surface area contributed by atoms with Gasteiger partial charge in [-0.3, -0.25) is 4.72 Å². The van der Waals surface area contributed by atoms with Gasteiger partial charge in [-0.05, 0) is 23.3 Å². The van der Waals surface area contributed by atoms with E-state index in [1.165, 1.54) is 6.20 Å².